The Morgan fingerprint density at radius 1 is 1.37 bits per heavy atom. The number of nitrogens with zero attached hydrogens (tertiary/aromatic N) is 3. The lowest BCUT2D eigenvalue weighted by Gasteiger charge is -2.12. The van der Waals surface area contributed by atoms with Crippen LogP contribution in [0.5, 0.6) is 0 Å². The molecular formula is C13H15F2N3O. The lowest BCUT2D eigenvalue weighted by Crippen LogP contribution is -2.11. The quantitative estimate of drug-likeness (QED) is 0.904. The van der Waals surface area contributed by atoms with Crippen LogP contribution in [-0.2, 0) is 13.0 Å². The van der Waals surface area contributed by atoms with Crippen LogP contribution >= 0.6 is 0 Å². The zero-order valence-electron chi connectivity index (χ0n) is 10.6. The number of aromatic nitrogens is 3. The lowest BCUT2D eigenvalue weighted by molar-refractivity contribution is 0.168. The number of rotatable bonds is 5. The summed E-state index contributed by atoms with van der Waals surface area (Å²) in [6.07, 6.45) is 1.22. The Morgan fingerprint density at radius 2 is 2.16 bits per heavy atom. The fourth-order valence-corrected chi connectivity index (χ4v) is 1.90. The van der Waals surface area contributed by atoms with Gasteiger partial charge in [0.15, 0.2) is 0 Å². The van der Waals surface area contributed by atoms with Gasteiger partial charge in [-0.3, -0.25) is 4.68 Å². The first-order valence-electron chi connectivity index (χ1n) is 6.11. The normalized spacial score (nSPS) is 12.6. The Hall–Kier alpha value is -1.82. The molecule has 0 aliphatic rings. The van der Waals surface area contributed by atoms with Crippen LogP contribution in [0.15, 0.2) is 24.5 Å². The van der Waals surface area contributed by atoms with Crippen LogP contribution in [0.2, 0.25) is 0 Å². The Kier molecular flexibility index (Phi) is 4.21. The van der Waals surface area contributed by atoms with Gasteiger partial charge < -0.3 is 5.11 Å². The Labute approximate surface area is 109 Å². The maximum absolute atomic E-state index is 13.5. The van der Waals surface area contributed by atoms with Crippen molar-refractivity contribution in [1.82, 2.24) is 14.8 Å². The predicted octanol–water partition coefficient (Wildman–Crippen LogP) is 2.24. The second kappa shape index (κ2) is 5.88. The molecule has 1 unspecified atom stereocenters. The van der Waals surface area contributed by atoms with Gasteiger partial charge in [-0.2, -0.15) is 5.10 Å². The summed E-state index contributed by atoms with van der Waals surface area (Å²) in [6, 6.07) is 3.02. The molecule has 0 aliphatic heterocycles. The van der Waals surface area contributed by atoms with E-state index in [1.807, 2.05) is 6.92 Å². The van der Waals surface area contributed by atoms with Gasteiger partial charge in [-0.1, -0.05) is 6.92 Å². The van der Waals surface area contributed by atoms with E-state index in [0.29, 0.717) is 12.4 Å². The summed E-state index contributed by atoms with van der Waals surface area (Å²) in [4.78, 5) is 4.03. The number of aryl methyl sites for hydroxylation is 1. The van der Waals surface area contributed by atoms with E-state index in [1.54, 1.807) is 4.68 Å². The van der Waals surface area contributed by atoms with Gasteiger partial charge in [0, 0.05) is 18.5 Å². The van der Waals surface area contributed by atoms with Gasteiger partial charge in [0.2, 0.25) is 0 Å². The highest BCUT2D eigenvalue weighted by atomic mass is 19.1. The minimum Gasteiger partial charge on any atom is -0.388 e. The fourth-order valence-electron chi connectivity index (χ4n) is 1.90. The van der Waals surface area contributed by atoms with Crippen LogP contribution in [0.1, 0.15) is 30.8 Å². The van der Waals surface area contributed by atoms with Gasteiger partial charge in [0.25, 0.3) is 0 Å². The summed E-state index contributed by atoms with van der Waals surface area (Å²) in [6.45, 7) is 2.67. The van der Waals surface area contributed by atoms with Crippen molar-refractivity contribution in [2.45, 2.75) is 32.4 Å². The number of hydrogen-bond acceptors (Lipinski definition) is 3. The van der Waals surface area contributed by atoms with Gasteiger partial charge in [0.1, 0.15) is 23.8 Å². The first-order chi connectivity index (χ1) is 9.11. The number of aliphatic hydroxyl groups excluding tert-OH is 1. The predicted molar refractivity (Wildman–Crippen MR) is 65.3 cm³/mol. The van der Waals surface area contributed by atoms with Crippen molar-refractivity contribution in [3.05, 3.63) is 47.5 Å². The summed E-state index contributed by atoms with van der Waals surface area (Å²) in [5.41, 5.74) is -0.0638. The first-order valence-corrected chi connectivity index (χ1v) is 6.11. The highest BCUT2D eigenvalue weighted by Gasteiger charge is 2.17. The summed E-state index contributed by atoms with van der Waals surface area (Å²) in [5.74, 6) is -0.654. The van der Waals surface area contributed by atoms with Crippen molar-refractivity contribution in [2.75, 3.05) is 0 Å². The van der Waals surface area contributed by atoms with Crippen molar-refractivity contribution in [3.8, 4) is 0 Å². The summed E-state index contributed by atoms with van der Waals surface area (Å²) < 4.78 is 28.3. The molecule has 0 bridgehead atoms. The zero-order chi connectivity index (χ0) is 13.8. The fraction of sp³-hybridized carbons (Fsp3) is 0.385. The van der Waals surface area contributed by atoms with Gasteiger partial charge in [-0.05, 0) is 24.6 Å². The second-order valence-corrected chi connectivity index (χ2v) is 4.29. The van der Waals surface area contributed by atoms with Gasteiger partial charge >= 0.3 is 0 Å². The molecule has 1 aromatic heterocycles. The van der Waals surface area contributed by atoms with Gasteiger partial charge in [-0.15, -0.1) is 0 Å². The van der Waals surface area contributed by atoms with E-state index >= 15 is 0 Å². The first kappa shape index (κ1) is 13.6. The molecule has 0 amide bonds. The molecule has 1 atom stereocenters. The lowest BCUT2D eigenvalue weighted by atomic mass is 10.1. The summed E-state index contributed by atoms with van der Waals surface area (Å²) in [7, 11) is 0. The molecule has 6 heteroatoms. The molecule has 2 aromatic rings. The largest absolute Gasteiger partial charge is 0.388 e. The van der Waals surface area contributed by atoms with E-state index < -0.39 is 17.7 Å². The minimum atomic E-state index is -1.14. The van der Waals surface area contributed by atoms with Crippen LogP contribution in [0, 0.1) is 11.6 Å². The number of benzene rings is 1. The highest BCUT2D eigenvalue weighted by Crippen LogP contribution is 2.21. The molecule has 0 radical (unpaired) electrons. The molecule has 102 valence electrons. The van der Waals surface area contributed by atoms with Crippen LogP contribution in [0.3, 0.4) is 0 Å². The minimum absolute atomic E-state index is 0.0638. The molecule has 0 aliphatic carbocycles. The van der Waals surface area contributed by atoms with E-state index in [0.717, 1.165) is 24.6 Å². The third-order valence-corrected chi connectivity index (χ3v) is 2.82. The van der Waals surface area contributed by atoms with E-state index in [2.05, 4.69) is 10.1 Å². The standard InChI is InChI=1S/C13H15F2N3O/c1-2-5-18-13(16-8-17-18)7-12(19)10-6-9(14)3-4-11(10)15/h3-4,6,8,12,19H,2,5,7H2,1H3. The molecule has 1 N–H and O–H groups in total. The van der Waals surface area contributed by atoms with E-state index in [1.165, 1.54) is 6.33 Å². The molecular weight excluding hydrogens is 252 g/mol. The van der Waals surface area contributed by atoms with Gasteiger partial charge in [-0.25, -0.2) is 13.8 Å². The maximum atomic E-state index is 13.5. The van der Waals surface area contributed by atoms with Crippen molar-refractivity contribution < 1.29 is 13.9 Å². The monoisotopic (exact) mass is 267 g/mol. The van der Waals surface area contributed by atoms with E-state index in [-0.39, 0.29) is 12.0 Å². The van der Waals surface area contributed by atoms with Crippen molar-refractivity contribution in [2.24, 2.45) is 0 Å². The summed E-state index contributed by atoms with van der Waals surface area (Å²) >= 11 is 0. The Bertz CT molecular complexity index is 557. The van der Waals surface area contributed by atoms with E-state index in [4.69, 9.17) is 0 Å². The number of hydrogen-bond donors (Lipinski definition) is 1. The van der Waals surface area contributed by atoms with Crippen molar-refractivity contribution in [1.29, 1.82) is 0 Å². The van der Waals surface area contributed by atoms with Crippen LogP contribution in [0.4, 0.5) is 8.78 Å². The molecule has 4 nitrogen and oxygen atoms in total. The molecule has 0 fully saturated rings. The summed E-state index contributed by atoms with van der Waals surface area (Å²) in [5, 5.41) is 14.0. The number of halogens is 2. The molecule has 0 saturated carbocycles. The molecule has 1 aromatic carbocycles. The molecule has 0 spiro atoms. The van der Waals surface area contributed by atoms with Crippen molar-refractivity contribution in [3.63, 3.8) is 0 Å². The Balaban J connectivity index is 2.18. The smallest absolute Gasteiger partial charge is 0.138 e. The Morgan fingerprint density at radius 3 is 2.89 bits per heavy atom. The van der Waals surface area contributed by atoms with Crippen molar-refractivity contribution >= 4 is 0 Å². The van der Waals surface area contributed by atoms with Crippen LogP contribution in [-0.4, -0.2) is 19.9 Å². The second-order valence-electron chi connectivity index (χ2n) is 4.29. The van der Waals surface area contributed by atoms with Crippen LogP contribution < -0.4 is 0 Å². The highest BCUT2D eigenvalue weighted by molar-refractivity contribution is 5.21. The third-order valence-electron chi connectivity index (χ3n) is 2.82. The zero-order valence-corrected chi connectivity index (χ0v) is 10.6. The van der Waals surface area contributed by atoms with E-state index in [9.17, 15) is 13.9 Å². The average molecular weight is 267 g/mol. The molecule has 0 saturated heterocycles. The maximum Gasteiger partial charge on any atom is 0.138 e. The number of aliphatic hydroxyl groups is 1. The molecule has 19 heavy (non-hydrogen) atoms. The average Bonchev–Trinajstić information content (AvgIpc) is 2.80. The SMILES string of the molecule is CCCn1ncnc1CC(O)c1cc(F)ccc1F. The van der Waals surface area contributed by atoms with Gasteiger partial charge in [0.05, 0.1) is 6.10 Å². The molecule has 1 heterocycles. The third kappa shape index (κ3) is 3.14. The van der Waals surface area contributed by atoms with Crippen LogP contribution in [0.25, 0.3) is 0 Å². The molecule has 2 rings (SSSR count). The topological polar surface area (TPSA) is 50.9 Å².